The molecule has 28 heavy (non-hydrogen) atoms. The Bertz CT molecular complexity index is 732. The fourth-order valence-corrected chi connectivity index (χ4v) is 4.62. The molecule has 1 heterocycles. The summed E-state index contributed by atoms with van der Waals surface area (Å²) >= 11 is 1.17. The summed E-state index contributed by atoms with van der Waals surface area (Å²) in [5, 5.41) is 9.83. The average Bonchev–Trinajstić information content (AvgIpc) is 2.64. The largest absolute Gasteiger partial charge is 0.458 e. The number of aromatic nitrogens is 1. The maximum atomic E-state index is 12.3. The third kappa shape index (κ3) is 9.00. The van der Waals surface area contributed by atoms with Crippen LogP contribution in [0.2, 0.25) is 0 Å². The van der Waals surface area contributed by atoms with Gasteiger partial charge in [0.05, 0.1) is 30.3 Å². The average molecular weight is 425 g/mol. The van der Waals surface area contributed by atoms with E-state index in [0.29, 0.717) is 22.9 Å². The van der Waals surface area contributed by atoms with Gasteiger partial charge in [0.1, 0.15) is 17.2 Å². The summed E-state index contributed by atoms with van der Waals surface area (Å²) in [6, 6.07) is 3.96. The summed E-state index contributed by atoms with van der Waals surface area (Å²) in [5.74, 6) is 0.399. The highest BCUT2D eigenvalue weighted by Crippen LogP contribution is 2.23. The van der Waals surface area contributed by atoms with Crippen molar-refractivity contribution in [3.8, 4) is 6.07 Å². The van der Waals surface area contributed by atoms with E-state index in [1.807, 2.05) is 26.8 Å². The molecule has 8 heteroatoms. The summed E-state index contributed by atoms with van der Waals surface area (Å²) in [4.78, 5) is 16.6. The van der Waals surface area contributed by atoms with Crippen molar-refractivity contribution in [1.29, 1.82) is 5.26 Å². The van der Waals surface area contributed by atoms with E-state index >= 15 is 0 Å². The Labute approximate surface area is 174 Å². The van der Waals surface area contributed by atoms with Crippen LogP contribution in [0.3, 0.4) is 0 Å². The monoisotopic (exact) mass is 424 g/mol. The third-order valence-electron chi connectivity index (χ3n) is 3.68. The number of esters is 1. The smallest absolute Gasteiger partial charge is 0.316 e. The number of ether oxygens (including phenoxy) is 2. The molecule has 2 unspecified atom stereocenters. The number of rotatable bonds is 13. The normalized spacial score (nSPS) is 12.8. The summed E-state index contributed by atoms with van der Waals surface area (Å²) < 4.78 is 23.0. The van der Waals surface area contributed by atoms with E-state index in [9.17, 15) is 14.3 Å². The fourth-order valence-electron chi connectivity index (χ4n) is 2.39. The standard InChI is InChI=1S/C20H28N2O4S2/c1-5-7-9-28(24)14-17(12-25-8-6-2)26-19(23)13-27-20-18(11-21)15(3)10-16(4)22-20/h6,10,17H,2,5,7-9,12-14H2,1,3-4H3. The molecule has 0 spiro atoms. The highest BCUT2D eigenvalue weighted by atomic mass is 32.2. The first-order chi connectivity index (χ1) is 13.4. The highest BCUT2D eigenvalue weighted by Gasteiger charge is 2.19. The summed E-state index contributed by atoms with van der Waals surface area (Å²) in [5.41, 5.74) is 2.08. The second-order valence-electron chi connectivity index (χ2n) is 6.26. The van der Waals surface area contributed by atoms with Crippen molar-refractivity contribution < 1.29 is 18.5 Å². The zero-order valence-corrected chi connectivity index (χ0v) is 18.4. The lowest BCUT2D eigenvalue weighted by molar-refractivity contribution is -0.147. The number of aryl methyl sites for hydroxylation is 2. The van der Waals surface area contributed by atoms with Crippen molar-refractivity contribution >= 4 is 28.5 Å². The molecule has 154 valence electrons. The van der Waals surface area contributed by atoms with Crippen LogP contribution in [-0.2, 0) is 25.1 Å². The van der Waals surface area contributed by atoms with Gasteiger partial charge in [0.25, 0.3) is 0 Å². The van der Waals surface area contributed by atoms with E-state index < -0.39 is 22.9 Å². The molecular formula is C20H28N2O4S2. The minimum Gasteiger partial charge on any atom is -0.458 e. The van der Waals surface area contributed by atoms with Gasteiger partial charge < -0.3 is 9.47 Å². The number of nitrogens with zero attached hydrogens (tertiary/aromatic N) is 2. The van der Waals surface area contributed by atoms with Gasteiger partial charge in [-0.05, 0) is 31.9 Å². The van der Waals surface area contributed by atoms with Crippen LogP contribution in [0.1, 0.15) is 36.6 Å². The Morgan fingerprint density at radius 3 is 2.89 bits per heavy atom. The molecule has 1 rings (SSSR count). The number of nitriles is 1. The van der Waals surface area contributed by atoms with Crippen molar-refractivity contribution in [2.75, 3.05) is 30.5 Å². The van der Waals surface area contributed by atoms with E-state index in [-0.39, 0.29) is 18.1 Å². The lowest BCUT2D eigenvalue weighted by Crippen LogP contribution is -2.30. The molecule has 2 atom stereocenters. The molecule has 1 aromatic rings. The van der Waals surface area contributed by atoms with E-state index in [1.54, 1.807) is 6.08 Å². The number of pyridine rings is 1. The number of hydrogen-bond acceptors (Lipinski definition) is 7. The predicted octanol–water partition coefficient (Wildman–Crippen LogP) is 3.33. The van der Waals surface area contributed by atoms with Gasteiger partial charge >= 0.3 is 5.97 Å². The molecule has 6 nitrogen and oxygen atoms in total. The number of hydrogen-bond donors (Lipinski definition) is 0. The van der Waals surface area contributed by atoms with Crippen LogP contribution in [0.25, 0.3) is 0 Å². The molecule has 0 aliphatic rings. The first kappa shape index (κ1) is 24.3. The lowest BCUT2D eigenvalue weighted by Gasteiger charge is -2.17. The van der Waals surface area contributed by atoms with Gasteiger partial charge in [0.2, 0.25) is 0 Å². The minimum atomic E-state index is -1.07. The first-order valence-corrected chi connectivity index (χ1v) is 11.6. The van der Waals surface area contributed by atoms with Gasteiger partial charge in [-0.25, -0.2) is 4.98 Å². The summed E-state index contributed by atoms with van der Waals surface area (Å²) in [6.07, 6.45) is 2.86. The molecule has 0 N–H and O–H groups in total. The van der Waals surface area contributed by atoms with Crippen LogP contribution in [-0.4, -0.2) is 51.7 Å². The van der Waals surface area contributed by atoms with E-state index in [2.05, 4.69) is 17.6 Å². The van der Waals surface area contributed by atoms with Gasteiger partial charge in [-0.1, -0.05) is 31.2 Å². The maximum absolute atomic E-state index is 12.3. The van der Waals surface area contributed by atoms with Gasteiger partial charge in [-0.2, -0.15) is 5.26 Å². The van der Waals surface area contributed by atoms with Crippen LogP contribution in [0.15, 0.2) is 23.7 Å². The summed E-state index contributed by atoms with van der Waals surface area (Å²) in [7, 11) is -1.07. The molecular weight excluding hydrogens is 396 g/mol. The second kappa shape index (κ2) is 13.5. The predicted molar refractivity (Wildman–Crippen MR) is 113 cm³/mol. The Balaban J connectivity index is 2.68. The van der Waals surface area contributed by atoms with Gasteiger partial charge in [0.15, 0.2) is 0 Å². The minimum absolute atomic E-state index is 0.0180. The Kier molecular flexibility index (Phi) is 11.7. The highest BCUT2D eigenvalue weighted by molar-refractivity contribution is 7.99. The Morgan fingerprint density at radius 2 is 2.25 bits per heavy atom. The molecule has 0 fully saturated rings. The summed E-state index contributed by atoms with van der Waals surface area (Å²) in [6.45, 7) is 9.81. The van der Waals surface area contributed by atoms with Gasteiger partial charge in [-0.3, -0.25) is 9.00 Å². The van der Waals surface area contributed by atoms with Crippen molar-refractivity contribution in [1.82, 2.24) is 4.98 Å². The molecule has 0 aromatic carbocycles. The lowest BCUT2D eigenvalue weighted by atomic mass is 10.1. The zero-order valence-electron chi connectivity index (χ0n) is 16.7. The van der Waals surface area contributed by atoms with Crippen LogP contribution >= 0.6 is 11.8 Å². The zero-order chi connectivity index (χ0) is 20.9. The molecule has 0 amide bonds. The van der Waals surface area contributed by atoms with Crippen molar-refractivity contribution in [3.63, 3.8) is 0 Å². The number of thioether (sulfide) groups is 1. The van der Waals surface area contributed by atoms with Gasteiger partial charge in [0, 0.05) is 22.2 Å². The molecule has 0 saturated carbocycles. The Morgan fingerprint density at radius 1 is 1.50 bits per heavy atom. The fraction of sp³-hybridized carbons (Fsp3) is 0.550. The van der Waals surface area contributed by atoms with Crippen molar-refractivity contribution in [2.24, 2.45) is 0 Å². The van der Waals surface area contributed by atoms with Crippen molar-refractivity contribution in [3.05, 3.63) is 35.5 Å². The number of unbranched alkanes of at least 4 members (excludes halogenated alkanes) is 1. The third-order valence-corrected chi connectivity index (χ3v) is 6.12. The van der Waals surface area contributed by atoms with Gasteiger partial charge in [-0.15, -0.1) is 6.58 Å². The molecule has 0 bridgehead atoms. The number of carbonyl (C=O) groups is 1. The van der Waals surface area contributed by atoms with Crippen molar-refractivity contribution in [2.45, 2.75) is 44.7 Å². The second-order valence-corrected chi connectivity index (χ2v) is 8.85. The SMILES string of the molecule is C=CCOCC(CS(=O)CCCC)OC(=O)CSc1nc(C)cc(C)c1C#N. The van der Waals surface area contributed by atoms with Crippen LogP contribution in [0, 0.1) is 25.2 Å². The molecule has 1 aromatic heterocycles. The van der Waals surface area contributed by atoms with Crippen LogP contribution in [0.5, 0.6) is 0 Å². The maximum Gasteiger partial charge on any atom is 0.316 e. The van der Waals surface area contributed by atoms with E-state index in [1.165, 1.54) is 11.8 Å². The molecule has 0 aliphatic heterocycles. The quantitative estimate of drug-likeness (QED) is 0.208. The topological polar surface area (TPSA) is 89.3 Å². The molecule has 0 radical (unpaired) electrons. The van der Waals surface area contributed by atoms with Crippen LogP contribution < -0.4 is 0 Å². The van der Waals surface area contributed by atoms with Crippen LogP contribution in [0.4, 0.5) is 0 Å². The molecule has 0 saturated heterocycles. The number of carbonyl (C=O) groups excluding carboxylic acids is 1. The van der Waals surface area contributed by atoms with E-state index in [4.69, 9.17) is 9.47 Å². The van der Waals surface area contributed by atoms with E-state index in [0.717, 1.165) is 24.1 Å². The Hall–Kier alpha value is -1.69. The molecule has 0 aliphatic carbocycles. The first-order valence-electron chi connectivity index (χ1n) is 9.15.